The van der Waals surface area contributed by atoms with Gasteiger partial charge in [-0.25, -0.2) is 0 Å². The van der Waals surface area contributed by atoms with E-state index in [0.29, 0.717) is 14.5 Å². The van der Waals surface area contributed by atoms with Crippen LogP contribution in [0.25, 0.3) is 31.8 Å². The van der Waals surface area contributed by atoms with E-state index >= 15 is 0 Å². The molecule has 0 aliphatic heterocycles. The predicted octanol–water partition coefficient (Wildman–Crippen LogP) is 4.05. The Morgan fingerprint density at radius 1 is 0.778 bits per heavy atom. The maximum absolute atomic E-state index is 3.57. The van der Waals surface area contributed by atoms with Crippen LogP contribution in [0.5, 0.6) is 0 Å². The van der Waals surface area contributed by atoms with E-state index in [1.807, 2.05) is 0 Å². The summed E-state index contributed by atoms with van der Waals surface area (Å²) in [5, 5.41) is 2.74. The molecule has 2 aromatic carbocycles. The molecule has 0 bridgehead atoms. The first-order valence-electron chi connectivity index (χ1n) is 5.97. The van der Waals surface area contributed by atoms with Gasteiger partial charge in [0, 0.05) is 0 Å². The van der Waals surface area contributed by atoms with E-state index in [-0.39, 0.29) is 0 Å². The molecule has 0 aliphatic rings. The molecule has 2 aromatic heterocycles. The zero-order valence-corrected chi connectivity index (χ0v) is 11.4. The average molecular weight is 296 g/mol. The van der Waals surface area contributed by atoms with Gasteiger partial charge in [0.2, 0.25) is 0 Å². The number of hydrogen-bond acceptors (Lipinski definition) is 0. The molecule has 1 N–H and O–H groups in total. The third kappa shape index (κ3) is 1.40. The zero-order valence-electron chi connectivity index (χ0n) is 9.68. The van der Waals surface area contributed by atoms with Crippen LogP contribution in [-0.2, 0) is 0 Å². The molecule has 0 amide bonds. The first-order chi connectivity index (χ1) is 8.93. The second kappa shape index (κ2) is 3.87. The van der Waals surface area contributed by atoms with Gasteiger partial charge in [0.05, 0.1) is 0 Å². The van der Waals surface area contributed by atoms with Crippen molar-refractivity contribution in [2.45, 2.75) is 0 Å². The van der Waals surface area contributed by atoms with Gasteiger partial charge in [0.1, 0.15) is 0 Å². The summed E-state index contributed by atoms with van der Waals surface area (Å²) in [4.78, 5) is 5.96. The van der Waals surface area contributed by atoms with Crippen LogP contribution in [-0.4, -0.2) is 19.5 Å². The van der Waals surface area contributed by atoms with E-state index < -0.39 is 0 Å². The monoisotopic (exact) mass is 297 g/mol. The number of fused-ring (bicyclic) bond motifs is 3. The molecule has 2 heteroatoms. The van der Waals surface area contributed by atoms with Crippen LogP contribution in [0.2, 0.25) is 0 Å². The van der Waals surface area contributed by atoms with Gasteiger partial charge in [-0.3, -0.25) is 0 Å². The number of rotatable bonds is 1. The van der Waals surface area contributed by atoms with Crippen molar-refractivity contribution in [2.75, 3.05) is 0 Å². The number of H-pyrrole nitrogens is 1. The summed E-state index contributed by atoms with van der Waals surface area (Å²) in [6.07, 6.45) is 0. The molecule has 1 nitrogen and oxygen atoms in total. The van der Waals surface area contributed by atoms with Crippen LogP contribution in [0.3, 0.4) is 0 Å². The molecule has 0 atom stereocenters. The molecule has 0 saturated carbocycles. The molecule has 0 unspecified atom stereocenters. The predicted molar refractivity (Wildman–Crippen MR) is 78.2 cm³/mol. The standard InChI is InChI=1S/C16H11NSe/c1-2-6-11(7-3-1)16-15-13(10-18-16)12-8-4-5-9-14(12)17-15/h1-10,17H. The van der Waals surface area contributed by atoms with Crippen LogP contribution in [0.15, 0.2) is 59.5 Å². The number of benzene rings is 2. The number of hydrogen-bond donors (Lipinski definition) is 1. The summed E-state index contributed by atoms with van der Waals surface area (Å²) in [7, 11) is 0. The summed E-state index contributed by atoms with van der Waals surface area (Å²) in [5.74, 6) is 0. The van der Waals surface area contributed by atoms with Crippen LogP contribution < -0.4 is 0 Å². The van der Waals surface area contributed by atoms with Crippen LogP contribution >= 0.6 is 0 Å². The van der Waals surface area contributed by atoms with E-state index in [4.69, 9.17) is 0 Å². The van der Waals surface area contributed by atoms with Gasteiger partial charge >= 0.3 is 111 Å². The molecule has 86 valence electrons. The van der Waals surface area contributed by atoms with Crippen molar-refractivity contribution in [1.82, 2.24) is 4.98 Å². The molecule has 4 aromatic rings. The Bertz CT molecular complexity index is 824. The molecule has 0 aliphatic carbocycles. The Hall–Kier alpha value is -1.76. The second-order valence-corrected chi connectivity index (χ2v) is 6.24. The SMILES string of the molecule is c1ccc(-c2[se]cc3c2[nH]c2ccccc23)cc1. The second-order valence-electron chi connectivity index (χ2n) is 4.39. The normalized spacial score (nSPS) is 11.3. The maximum atomic E-state index is 3.57. The van der Waals surface area contributed by atoms with Crippen molar-refractivity contribution < 1.29 is 0 Å². The summed E-state index contributed by atoms with van der Waals surface area (Å²) >= 11 is 0.437. The molecule has 18 heavy (non-hydrogen) atoms. The van der Waals surface area contributed by atoms with Crippen molar-refractivity contribution in [2.24, 2.45) is 0 Å². The summed E-state index contributed by atoms with van der Waals surface area (Å²) in [6.45, 7) is 0. The minimum atomic E-state index is 0.437. The Kier molecular flexibility index (Phi) is 2.19. The van der Waals surface area contributed by atoms with Gasteiger partial charge in [0.25, 0.3) is 0 Å². The molecule has 4 rings (SSSR count). The fourth-order valence-electron chi connectivity index (χ4n) is 2.44. The molecular formula is C16H11NSe. The van der Waals surface area contributed by atoms with Crippen molar-refractivity contribution in [3.63, 3.8) is 0 Å². The van der Waals surface area contributed by atoms with Gasteiger partial charge in [0.15, 0.2) is 0 Å². The third-order valence-electron chi connectivity index (χ3n) is 3.30. The quantitative estimate of drug-likeness (QED) is 0.510. The van der Waals surface area contributed by atoms with Crippen LogP contribution in [0.1, 0.15) is 0 Å². The summed E-state index contributed by atoms with van der Waals surface area (Å²) in [6, 6.07) is 19.2. The first-order valence-corrected chi connectivity index (χ1v) is 7.81. The minimum absolute atomic E-state index is 0.437. The van der Waals surface area contributed by atoms with Crippen molar-refractivity contribution in [3.8, 4) is 10.0 Å². The molecule has 0 spiro atoms. The van der Waals surface area contributed by atoms with Gasteiger partial charge in [-0.15, -0.1) is 0 Å². The van der Waals surface area contributed by atoms with E-state index in [9.17, 15) is 0 Å². The fourth-order valence-corrected chi connectivity index (χ4v) is 4.61. The number of nitrogens with one attached hydrogen (secondary N) is 1. The van der Waals surface area contributed by atoms with Crippen molar-refractivity contribution >= 4 is 36.3 Å². The average Bonchev–Trinajstić information content (AvgIpc) is 2.98. The van der Waals surface area contributed by atoms with E-state index in [2.05, 4.69) is 64.5 Å². The Balaban J connectivity index is 2.08. The number of aromatic nitrogens is 1. The van der Waals surface area contributed by atoms with Crippen molar-refractivity contribution in [3.05, 3.63) is 59.5 Å². The van der Waals surface area contributed by atoms with Crippen molar-refractivity contribution in [1.29, 1.82) is 0 Å². The Labute approximate surface area is 111 Å². The van der Waals surface area contributed by atoms with Gasteiger partial charge < -0.3 is 0 Å². The zero-order chi connectivity index (χ0) is 11.9. The molecule has 0 radical (unpaired) electrons. The van der Waals surface area contributed by atoms with Crippen LogP contribution in [0.4, 0.5) is 0 Å². The van der Waals surface area contributed by atoms with E-state index in [1.165, 1.54) is 31.8 Å². The Morgan fingerprint density at radius 3 is 2.44 bits per heavy atom. The van der Waals surface area contributed by atoms with E-state index in [1.54, 1.807) is 0 Å². The summed E-state index contributed by atoms with van der Waals surface area (Å²) in [5.41, 5.74) is 3.91. The van der Waals surface area contributed by atoms with Crippen LogP contribution in [0, 0.1) is 0 Å². The molecule has 2 heterocycles. The first kappa shape index (κ1) is 10.2. The Morgan fingerprint density at radius 2 is 1.56 bits per heavy atom. The summed E-state index contributed by atoms with van der Waals surface area (Å²) < 4.78 is 1.47. The molecular weight excluding hydrogens is 285 g/mol. The van der Waals surface area contributed by atoms with Gasteiger partial charge in [-0.1, -0.05) is 0 Å². The number of aromatic amines is 1. The van der Waals surface area contributed by atoms with Gasteiger partial charge in [-0.2, -0.15) is 0 Å². The van der Waals surface area contributed by atoms with E-state index in [0.717, 1.165) is 0 Å². The topological polar surface area (TPSA) is 15.8 Å². The third-order valence-corrected chi connectivity index (χ3v) is 5.46. The molecule has 0 saturated heterocycles. The number of para-hydroxylation sites is 1. The molecule has 0 fully saturated rings. The van der Waals surface area contributed by atoms with Gasteiger partial charge in [-0.05, 0) is 0 Å². The fraction of sp³-hybridized carbons (Fsp3) is 0.